The van der Waals surface area contributed by atoms with Crippen LogP contribution in [0.1, 0.15) is 0 Å². The van der Waals surface area contributed by atoms with Gasteiger partial charge in [-0.2, -0.15) is 0 Å². The maximum absolute atomic E-state index is 6.21. The fourth-order valence-corrected chi connectivity index (χ4v) is 3.66. The normalized spacial score (nSPS) is 11.9. The van der Waals surface area contributed by atoms with E-state index in [1.54, 1.807) is 0 Å². The van der Waals surface area contributed by atoms with Crippen molar-refractivity contribution in [1.29, 1.82) is 0 Å². The predicted molar refractivity (Wildman–Crippen MR) is 96.4 cm³/mol. The summed E-state index contributed by atoms with van der Waals surface area (Å²) in [6.45, 7) is 0. The molecule has 0 aliphatic rings. The fourth-order valence-electron chi connectivity index (χ4n) is 3.30. The molecule has 0 N–H and O–H groups in total. The van der Waals surface area contributed by atoms with Gasteiger partial charge in [0.25, 0.3) is 0 Å². The van der Waals surface area contributed by atoms with Gasteiger partial charge in [-0.05, 0) is 40.4 Å². The van der Waals surface area contributed by atoms with E-state index in [1.807, 2.05) is 0 Å². The van der Waals surface area contributed by atoms with E-state index in [2.05, 4.69) is 82.7 Å². The zero-order valence-corrected chi connectivity index (χ0v) is 13.2. The quantitative estimate of drug-likeness (QED) is 0.305. The Morgan fingerprint density at radius 2 is 1.45 bits per heavy atom. The summed E-state index contributed by atoms with van der Waals surface area (Å²) in [5.41, 5.74) is 1.91. The highest BCUT2D eigenvalue weighted by atomic mass is 79.9. The van der Waals surface area contributed by atoms with Gasteiger partial charge in [0, 0.05) is 20.6 Å². The Bertz CT molecular complexity index is 1180. The Kier molecular flexibility index (Phi) is 2.42. The molecule has 0 saturated heterocycles. The van der Waals surface area contributed by atoms with Crippen LogP contribution in [0.2, 0.25) is 0 Å². The summed E-state index contributed by atoms with van der Waals surface area (Å²) in [4.78, 5) is 0. The van der Waals surface area contributed by atoms with Crippen LogP contribution in [0, 0.1) is 0 Å². The highest BCUT2D eigenvalue weighted by molar-refractivity contribution is 9.10. The minimum absolute atomic E-state index is 0.946. The topological polar surface area (TPSA) is 13.1 Å². The van der Waals surface area contributed by atoms with Gasteiger partial charge in [0.1, 0.15) is 11.2 Å². The SMILES string of the molecule is Brc1ccc2ccc3c(oc4ccc5ccccc5c43)c2c1. The van der Waals surface area contributed by atoms with Crippen LogP contribution < -0.4 is 0 Å². The molecule has 1 aromatic heterocycles. The van der Waals surface area contributed by atoms with Crippen molar-refractivity contribution < 1.29 is 4.42 Å². The molecule has 0 unspecified atom stereocenters. The number of rotatable bonds is 0. The van der Waals surface area contributed by atoms with Crippen LogP contribution in [0.3, 0.4) is 0 Å². The standard InChI is InChI=1S/C20H11BrO/c21-14-8-5-13-6-9-16-19-15-4-2-1-3-12(15)7-10-18(19)22-20(16)17(13)11-14/h1-11H. The van der Waals surface area contributed by atoms with E-state index >= 15 is 0 Å². The van der Waals surface area contributed by atoms with Gasteiger partial charge in [-0.1, -0.05) is 58.4 Å². The van der Waals surface area contributed by atoms with Gasteiger partial charge in [-0.3, -0.25) is 0 Å². The van der Waals surface area contributed by atoms with Gasteiger partial charge in [0.2, 0.25) is 0 Å². The van der Waals surface area contributed by atoms with Crippen molar-refractivity contribution in [3.63, 3.8) is 0 Å². The minimum atomic E-state index is 0.946. The number of furan rings is 1. The number of hydrogen-bond donors (Lipinski definition) is 0. The largest absolute Gasteiger partial charge is 0.455 e. The second kappa shape index (κ2) is 4.34. The third-order valence-corrected chi connectivity index (χ3v) is 4.80. The first-order valence-corrected chi connectivity index (χ1v) is 8.03. The number of benzene rings is 4. The molecule has 0 saturated carbocycles. The van der Waals surface area contributed by atoms with Crippen LogP contribution in [0.4, 0.5) is 0 Å². The molecule has 0 fully saturated rings. The van der Waals surface area contributed by atoms with E-state index in [1.165, 1.54) is 26.9 Å². The predicted octanol–water partition coefficient (Wildman–Crippen LogP) is 6.65. The van der Waals surface area contributed by atoms with Gasteiger partial charge in [-0.15, -0.1) is 0 Å². The Morgan fingerprint density at radius 3 is 2.41 bits per heavy atom. The van der Waals surface area contributed by atoms with E-state index in [-0.39, 0.29) is 0 Å². The minimum Gasteiger partial charge on any atom is -0.455 e. The average Bonchev–Trinajstić information content (AvgIpc) is 2.94. The van der Waals surface area contributed by atoms with E-state index in [0.717, 1.165) is 21.0 Å². The van der Waals surface area contributed by atoms with Crippen molar-refractivity contribution in [2.45, 2.75) is 0 Å². The zero-order chi connectivity index (χ0) is 14.7. The summed E-state index contributed by atoms with van der Waals surface area (Å²) >= 11 is 3.56. The monoisotopic (exact) mass is 346 g/mol. The molecule has 1 nitrogen and oxygen atoms in total. The van der Waals surface area contributed by atoms with Crippen LogP contribution in [0.15, 0.2) is 75.6 Å². The Labute approximate surface area is 135 Å². The second-order valence-corrected chi connectivity index (χ2v) is 6.49. The van der Waals surface area contributed by atoms with Gasteiger partial charge in [-0.25, -0.2) is 0 Å². The number of halogens is 1. The van der Waals surface area contributed by atoms with Crippen molar-refractivity contribution >= 4 is 59.4 Å². The maximum atomic E-state index is 6.21. The van der Waals surface area contributed by atoms with Crippen molar-refractivity contribution in [2.75, 3.05) is 0 Å². The molecule has 104 valence electrons. The highest BCUT2D eigenvalue weighted by Gasteiger charge is 2.12. The van der Waals surface area contributed by atoms with Crippen molar-refractivity contribution in [2.24, 2.45) is 0 Å². The molecule has 0 amide bonds. The van der Waals surface area contributed by atoms with Crippen molar-refractivity contribution in [3.05, 3.63) is 71.2 Å². The Morgan fingerprint density at radius 1 is 0.682 bits per heavy atom. The lowest BCUT2D eigenvalue weighted by molar-refractivity contribution is 0.673. The molecule has 22 heavy (non-hydrogen) atoms. The van der Waals surface area contributed by atoms with E-state index < -0.39 is 0 Å². The molecular formula is C20H11BrO. The summed E-state index contributed by atoms with van der Waals surface area (Å²) < 4.78 is 7.28. The molecule has 1 heterocycles. The maximum Gasteiger partial charge on any atom is 0.143 e. The molecule has 0 atom stereocenters. The Balaban J connectivity index is 2.09. The lowest BCUT2D eigenvalue weighted by atomic mass is 10.0. The van der Waals surface area contributed by atoms with Crippen molar-refractivity contribution in [1.82, 2.24) is 0 Å². The van der Waals surface area contributed by atoms with Crippen LogP contribution in [0.5, 0.6) is 0 Å². The highest BCUT2D eigenvalue weighted by Crippen LogP contribution is 2.38. The summed E-state index contributed by atoms with van der Waals surface area (Å²) in [5, 5.41) is 7.21. The van der Waals surface area contributed by atoms with Crippen LogP contribution in [-0.2, 0) is 0 Å². The van der Waals surface area contributed by atoms with Crippen LogP contribution >= 0.6 is 15.9 Å². The first-order chi connectivity index (χ1) is 10.8. The first kappa shape index (κ1) is 12.2. The first-order valence-electron chi connectivity index (χ1n) is 7.23. The summed E-state index contributed by atoms with van der Waals surface area (Å²) in [7, 11) is 0. The molecule has 0 spiro atoms. The third kappa shape index (κ3) is 1.59. The molecule has 0 bridgehead atoms. The zero-order valence-electron chi connectivity index (χ0n) is 11.6. The number of hydrogen-bond acceptors (Lipinski definition) is 1. The molecule has 2 heteroatoms. The Hall–Kier alpha value is -2.32. The summed E-state index contributed by atoms with van der Waals surface area (Å²) in [6, 6.07) is 23.3. The summed E-state index contributed by atoms with van der Waals surface area (Å²) in [5.74, 6) is 0. The fraction of sp³-hybridized carbons (Fsp3) is 0. The molecule has 0 radical (unpaired) electrons. The molecule has 5 aromatic rings. The second-order valence-electron chi connectivity index (χ2n) is 5.57. The van der Waals surface area contributed by atoms with E-state index in [0.29, 0.717) is 0 Å². The van der Waals surface area contributed by atoms with E-state index in [9.17, 15) is 0 Å². The van der Waals surface area contributed by atoms with Gasteiger partial charge in [0.15, 0.2) is 0 Å². The third-order valence-electron chi connectivity index (χ3n) is 4.31. The lowest BCUT2D eigenvalue weighted by Crippen LogP contribution is -1.75. The molecule has 4 aromatic carbocycles. The lowest BCUT2D eigenvalue weighted by Gasteiger charge is -2.00. The molecule has 5 rings (SSSR count). The number of fused-ring (bicyclic) bond motifs is 7. The van der Waals surface area contributed by atoms with E-state index in [4.69, 9.17) is 4.42 Å². The van der Waals surface area contributed by atoms with Gasteiger partial charge >= 0.3 is 0 Å². The van der Waals surface area contributed by atoms with Crippen LogP contribution in [0.25, 0.3) is 43.5 Å². The smallest absolute Gasteiger partial charge is 0.143 e. The molecule has 0 aliphatic carbocycles. The summed E-state index contributed by atoms with van der Waals surface area (Å²) in [6.07, 6.45) is 0. The van der Waals surface area contributed by atoms with Gasteiger partial charge in [0.05, 0.1) is 0 Å². The molecular weight excluding hydrogens is 336 g/mol. The van der Waals surface area contributed by atoms with Crippen LogP contribution in [-0.4, -0.2) is 0 Å². The average molecular weight is 347 g/mol. The molecule has 0 aliphatic heterocycles. The van der Waals surface area contributed by atoms with Crippen molar-refractivity contribution in [3.8, 4) is 0 Å². The van der Waals surface area contributed by atoms with Gasteiger partial charge < -0.3 is 4.42 Å².